The number of alkyl halides is 12. The van der Waals surface area contributed by atoms with Crippen LogP contribution in [0.2, 0.25) is 0 Å². The fourth-order valence-electron chi connectivity index (χ4n) is 6.98. The van der Waals surface area contributed by atoms with E-state index >= 15 is 0 Å². The van der Waals surface area contributed by atoms with Crippen LogP contribution >= 0.6 is 0 Å². The Balaban J connectivity index is 0.000000281. The molecule has 0 unspecified atom stereocenters. The SMILES string of the molecule is CCn1c(C(F)(F)F)cc(N)c(N(C)C(=O)c2nc(-n3ccc(C(F)(F)F)n3)ccc2S(=O)(=O)CC)c1=O.CCn1c(C(F)(F)F)cc(NC(=O)c2nc(-n3ccc(C(F)(F)F)n3)ccc2S(=O)(=O)CC)c(NC)c1=O. The number of nitrogens with two attached hydrogens (primary N) is 1. The zero-order chi connectivity index (χ0) is 57.4. The fourth-order valence-corrected chi connectivity index (χ4v) is 9.01. The molecule has 412 valence electrons. The number of hydrogen-bond acceptors (Lipinski definition) is 14. The van der Waals surface area contributed by atoms with Crippen LogP contribution in [0.15, 0.2) is 80.3 Å². The number of hydrogen-bond donors (Lipinski definition) is 3. The van der Waals surface area contributed by atoms with E-state index in [1.807, 2.05) is 0 Å². The van der Waals surface area contributed by atoms with Gasteiger partial charge in [-0.2, -0.15) is 62.9 Å². The zero-order valence-electron chi connectivity index (χ0n) is 39.8. The molecule has 6 heterocycles. The third-order valence-electron chi connectivity index (χ3n) is 10.7. The number of aromatic nitrogens is 8. The Morgan fingerprint density at radius 2 is 1.05 bits per heavy atom. The average Bonchev–Trinajstić information content (AvgIpc) is 4.06. The number of carbonyl (C=O) groups is 2. The molecule has 76 heavy (non-hydrogen) atoms. The number of sulfone groups is 2. The quantitative estimate of drug-likeness (QED) is 0.102. The Bertz CT molecular complexity index is 3570. The molecule has 0 spiro atoms. The molecular weight excluding hydrogens is 1090 g/mol. The summed E-state index contributed by atoms with van der Waals surface area (Å²) in [4.78, 5) is 59.2. The van der Waals surface area contributed by atoms with Gasteiger partial charge in [0.1, 0.15) is 34.2 Å². The van der Waals surface area contributed by atoms with Gasteiger partial charge in [0.15, 0.2) is 42.7 Å². The van der Waals surface area contributed by atoms with Gasteiger partial charge in [-0.15, -0.1) is 0 Å². The van der Waals surface area contributed by atoms with E-state index in [9.17, 15) is 88.7 Å². The fraction of sp³-hybridized carbons (Fsp3) is 0.333. The summed E-state index contributed by atoms with van der Waals surface area (Å²) >= 11 is 0. The van der Waals surface area contributed by atoms with Gasteiger partial charge >= 0.3 is 24.7 Å². The van der Waals surface area contributed by atoms with E-state index in [2.05, 4.69) is 30.8 Å². The molecule has 0 aliphatic heterocycles. The predicted molar refractivity (Wildman–Crippen MR) is 246 cm³/mol. The number of anilines is 4. The summed E-state index contributed by atoms with van der Waals surface area (Å²) in [7, 11) is -6.10. The summed E-state index contributed by atoms with van der Waals surface area (Å²) < 4.78 is 211. The predicted octanol–water partition coefficient (Wildman–Crippen LogP) is 6.71. The van der Waals surface area contributed by atoms with Gasteiger partial charge in [-0.05, 0) is 62.4 Å². The lowest BCUT2D eigenvalue weighted by molar-refractivity contribution is -0.144. The lowest BCUT2D eigenvalue weighted by Crippen LogP contribution is -2.38. The van der Waals surface area contributed by atoms with Crippen LogP contribution in [0.3, 0.4) is 0 Å². The van der Waals surface area contributed by atoms with Gasteiger partial charge in [0.05, 0.1) is 32.7 Å². The Morgan fingerprint density at radius 3 is 1.45 bits per heavy atom. The van der Waals surface area contributed by atoms with E-state index in [4.69, 9.17) is 5.73 Å². The second-order valence-corrected chi connectivity index (χ2v) is 19.9. The number of nitrogens with one attached hydrogen (secondary N) is 2. The summed E-state index contributed by atoms with van der Waals surface area (Å²) in [5.41, 5.74) is -6.09. The minimum absolute atomic E-state index is 0.339. The largest absolute Gasteiger partial charge is 0.435 e. The van der Waals surface area contributed by atoms with Gasteiger partial charge < -0.3 is 30.4 Å². The van der Waals surface area contributed by atoms with Crippen LogP contribution in [0.4, 0.5) is 75.4 Å². The molecule has 0 aliphatic carbocycles. The molecule has 0 saturated carbocycles. The molecule has 20 nitrogen and oxygen atoms in total. The van der Waals surface area contributed by atoms with Crippen LogP contribution in [-0.4, -0.2) is 92.9 Å². The molecule has 6 rings (SSSR count). The van der Waals surface area contributed by atoms with Crippen LogP contribution in [-0.2, 0) is 57.5 Å². The van der Waals surface area contributed by atoms with Crippen molar-refractivity contribution in [3.8, 4) is 11.6 Å². The summed E-state index contributed by atoms with van der Waals surface area (Å²) in [6.45, 7) is 4.31. The van der Waals surface area contributed by atoms with Gasteiger partial charge in [0, 0.05) is 39.6 Å². The number of amides is 2. The third-order valence-corrected chi connectivity index (χ3v) is 14.2. The lowest BCUT2D eigenvalue weighted by atomic mass is 10.2. The van der Waals surface area contributed by atoms with E-state index < -0.39 is 152 Å². The molecule has 2 amide bonds. The Labute approximate surface area is 420 Å². The van der Waals surface area contributed by atoms with Gasteiger partial charge in [-0.25, -0.2) is 36.2 Å². The molecule has 0 atom stereocenters. The number of pyridine rings is 4. The molecule has 0 aliphatic rings. The molecule has 0 radical (unpaired) electrons. The van der Waals surface area contributed by atoms with Crippen molar-refractivity contribution in [1.29, 1.82) is 0 Å². The van der Waals surface area contributed by atoms with E-state index in [0.29, 0.717) is 47.7 Å². The Hall–Kier alpha value is -7.78. The number of nitrogen functional groups attached to an aromatic ring is 1. The number of carbonyl (C=O) groups excluding carboxylic acids is 2. The zero-order valence-corrected chi connectivity index (χ0v) is 41.5. The summed E-state index contributed by atoms with van der Waals surface area (Å²) in [6, 6.07) is 6.08. The summed E-state index contributed by atoms with van der Waals surface area (Å²) in [5, 5.41) is 11.1. The third kappa shape index (κ3) is 12.2. The van der Waals surface area contributed by atoms with Crippen molar-refractivity contribution in [1.82, 2.24) is 38.7 Å². The topological polar surface area (TPSA) is 261 Å². The van der Waals surface area contributed by atoms with Crippen molar-refractivity contribution in [3.05, 3.63) is 116 Å². The maximum Gasteiger partial charge on any atom is 0.435 e. The summed E-state index contributed by atoms with van der Waals surface area (Å²) in [5.74, 6) is -4.36. The highest BCUT2D eigenvalue weighted by Gasteiger charge is 2.39. The standard InChI is InChI=1S/2C21H20F6N6O4S/c1-4-32-14(21(25,26)27)10-11(28)17(19(32)35)31(3)18(34)16-12(38(36,37)5-2)6-7-15(29-16)33-9-8-13(30-33)20(22,23)24;1-4-32-14(21(25,26)27)10-11(16(28-3)19(32)35)29-18(34)17-12(38(36,37)5-2)6-7-15(30-17)33-9-8-13(31-33)20(22,23)24/h6-10H,4-5,28H2,1-3H3;6-10,28H,4-5H2,1-3H3,(H,29,34). The van der Waals surface area contributed by atoms with Crippen molar-refractivity contribution in [3.63, 3.8) is 0 Å². The van der Waals surface area contributed by atoms with Crippen LogP contribution in [0.25, 0.3) is 11.6 Å². The van der Waals surface area contributed by atoms with Gasteiger partial charge in [0.2, 0.25) is 0 Å². The number of rotatable bonds is 13. The van der Waals surface area contributed by atoms with Crippen molar-refractivity contribution in [2.45, 2.75) is 75.3 Å². The Morgan fingerprint density at radius 1 is 0.632 bits per heavy atom. The first-order valence-corrected chi connectivity index (χ1v) is 24.8. The number of nitrogens with zero attached hydrogens (tertiary/aromatic N) is 9. The second kappa shape index (κ2) is 21.5. The highest BCUT2D eigenvalue weighted by Crippen LogP contribution is 2.35. The van der Waals surface area contributed by atoms with Gasteiger partial charge in [-0.3, -0.25) is 19.2 Å². The molecule has 6 aromatic heterocycles. The van der Waals surface area contributed by atoms with Crippen LogP contribution in [0.1, 0.15) is 71.4 Å². The van der Waals surface area contributed by atoms with Crippen molar-refractivity contribution < 1.29 is 79.1 Å². The number of halogens is 12. The highest BCUT2D eigenvalue weighted by molar-refractivity contribution is 7.91. The molecule has 0 aromatic carbocycles. The Kier molecular flexibility index (Phi) is 16.7. The van der Waals surface area contributed by atoms with Gasteiger partial charge in [-0.1, -0.05) is 13.8 Å². The van der Waals surface area contributed by atoms with E-state index in [1.165, 1.54) is 34.7 Å². The second-order valence-electron chi connectivity index (χ2n) is 15.4. The molecule has 4 N–H and O–H groups in total. The highest BCUT2D eigenvalue weighted by atomic mass is 32.2. The monoisotopic (exact) mass is 1130 g/mol. The maximum absolute atomic E-state index is 13.6. The molecular formula is C42H40F12N12O8S2. The van der Waals surface area contributed by atoms with Crippen LogP contribution in [0.5, 0.6) is 0 Å². The van der Waals surface area contributed by atoms with Crippen LogP contribution in [0, 0.1) is 0 Å². The first-order valence-electron chi connectivity index (χ1n) is 21.5. The average molecular weight is 1130 g/mol. The maximum atomic E-state index is 13.6. The van der Waals surface area contributed by atoms with Crippen molar-refractivity contribution in [2.24, 2.45) is 0 Å². The summed E-state index contributed by atoms with van der Waals surface area (Å²) in [6.07, 6.45) is -17.8. The minimum Gasteiger partial charge on any atom is -0.397 e. The molecule has 6 aromatic rings. The molecule has 0 saturated heterocycles. The van der Waals surface area contributed by atoms with E-state index in [-0.39, 0.29) is 18.2 Å². The minimum atomic E-state index is -4.98. The van der Waals surface area contributed by atoms with E-state index in [1.54, 1.807) is 0 Å². The normalized spacial score (nSPS) is 12.5. The van der Waals surface area contributed by atoms with E-state index in [0.717, 1.165) is 43.7 Å². The smallest absolute Gasteiger partial charge is 0.397 e. The van der Waals surface area contributed by atoms with Gasteiger partial charge in [0.25, 0.3) is 22.9 Å². The molecule has 34 heteroatoms. The van der Waals surface area contributed by atoms with Crippen molar-refractivity contribution in [2.75, 3.05) is 46.9 Å². The molecule has 0 bridgehead atoms. The first kappa shape index (κ1) is 59.1. The lowest BCUT2D eigenvalue weighted by Gasteiger charge is -2.23. The molecule has 0 fully saturated rings. The van der Waals surface area contributed by atoms with Crippen molar-refractivity contribution >= 4 is 54.2 Å². The first-order chi connectivity index (χ1) is 35.0. The van der Waals surface area contributed by atoms with Crippen LogP contribution < -0.4 is 32.4 Å².